The van der Waals surface area contributed by atoms with Crippen molar-refractivity contribution in [2.24, 2.45) is 0 Å². The van der Waals surface area contributed by atoms with Gasteiger partial charge >= 0.3 is 0 Å². The maximum atomic E-state index is 6.91. The SMILES string of the molecule is Cc1ccccc1P(c1ccccc1C)c1ccccc1P(c1ccccc1C)c1ccccc1Cl. The summed E-state index contributed by atoms with van der Waals surface area (Å²) < 4.78 is 0. The van der Waals surface area contributed by atoms with Gasteiger partial charge in [0.15, 0.2) is 0 Å². The van der Waals surface area contributed by atoms with E-state index in [-0.39, 0.29) is 0 Å². The van der Waals surface area contributed by atoms with Gasteiger partial charge in [0.2, 0.25) is 0 Å². The molecule has 0 heterocycles. The maximum Gasteiger partial charge on any atom is 0.0489 e. The van der Waals surface area contributed by atoms with Crippen molar-refractivity contribution in [3.05, 3.63) is 143 Å². The topological polar surface area (TPSA) is 0 Å². The Morgan fingerprint density at radius 3 is 1.00 bits per heavy atom. The van der Waals surface area contributed by atoms with Crippen LogP contribution in [-0.2, 0) is 0 Å². The summed E-state index contributed by atoms with van der Waals surface area (Å²) in [5, 5.41) is 9.01. The Morgan fingerprint density at radius 1 is 0.361 bits per heavy atom. The van der Waals surface area contributed by atoms with Crippen molar-refractivity contribution in [3.63, 3.8) is 0 Å². The summed E-state index contributed by atoms with van der Waals surface area (Å²) in [6.45, 7) is 6.70. The summed E-state index contributed by atoms with van der Waals surface area (Å²) in [6.07, 6.45) is 0. The molecule has 0 saturated heterocycles. The predicted molar refractivity (Wildman–Crippen MR) is 163 cm³/mol. The molecule has 3 heteroatoms. The summed E-state index contributed by atoms with van der Waals surface area (Å²) in [5.41, 5.74) is 3.97. The highest BCUT2D eigenvalue weighted by Crippen LogP contribution is 2.41. The fourth-order valence-corrected chi connectivity index (χ4v) is 10.8. The van der Waals surface area contributed by atoms with Crippen LogP contribution in [0.25, 0.3) is 0 Å². The van der Waals surface area contributed by atoms with Crippen molar-refractivity contribution in [1.82, 2.24) is 0 Å². The Labute approximate surface area is 222 Å². The number of halogens is 1. The quantitative estimate of drug-likeness (QED) is 0.216. The summed E-state index contributed by atoms with van der Waals surface area (Å²) in [4.78, 5) is 0. The molecule has 36 heavy (non-hydrogen) atoms. The lowest BCUT2D eigenvalue weighted by molar-refractivity contribution is 1.50. The van der Waals surface area contributed by atoms with E-state index < -0.39 is 15.8 Å². The normalized spacial score (nSPS) is 12.0. The maximum absolute atomic E-state index is 6.91. The van der Waals surface area contributed by atoms with Crippen molar-refractivity contribution in [3.8, 4) is 0 Å². The lowest BCUT2D eigenvalue weighted by Crippen LogP contribution is -2.36. The van der Waals surface area contributed by atoms with Crippen LogP contribution in [0.15, 0.2) is 121 Å². The lowest BCUT2D eigenvalue weighted by Gasteiger charge is -2.29. The number of rotatable bonds is 6. The van der Waals surface area contributed by atoms with Gasteiger partial charge in [-0.2, -0.15) is 0 Å². The minimum absolute atomic E-state index is 0.768. The van der Waals surface area contributed by atoms with Gasteiger partial charge in [-0.1, -0.05) is 127 Å². The number of hydrogen-bond acceptors (Lipinski definition) is 0. The van der Waals surface area contributed by atoms with Crippen molar-refractivity contribution >= 4 is 59.3 Å². The van der Waals surface area contributed by atoms with Crippen molar-refractivity contribution in [2.45, 2.75) is 20.8 Å². The third-order valence-electron chi connectivity index (χ3n) is 6.53. The van der Waals surface area contributed by atoms with Gasteiger partial charge in [0.25, 0.3) is 0 Å². The summed E-state index contributed by atoms with van der Waals surface area (Å²) >= 11 is 6.91. The molecule has 0 amide bonds. The van der Waals surface area contributed by atoms with Crippen LogP contribution in [-0.4, -0.2) is 0 Å². The van der Waals surface area contributed by atoms with Gasteiger partial charge in [0, 0.05) is 10.3 Å². The van der Waals surface area contributed by atoms with Crippen molar-refractivity contribution in [1.29, 1.82) is 0 Å². The van der Waals surface area contributed by atoms with E-state index in [4.69, 9.17) is 11.6 Å². The Kier molecular flexibility index (Phi) is 7.69. The number of aryl methyl sites for hydroxylation is 3. The summed E-state index contributed by atoms with van der Waals surface area (Å²) in [5.74, 6) is 0. The Morgan fingerprint density at radius 2 is 0.639 bits per heavy atom. The minimum atomic E-state index is -0.857. The van der Waals surface area contributed by atoms with Crippen LogP contribution in [0, 0.1) is 20.8 Å². The van der Waals surface area contributed by atoms with Gasteiger partial charge in [-0.25, -0.2) is 0 Å². The molecule has 178 valence electrons. The standard InChI is InChI=1S/C33H29ClP2/c1-24-14-4-8-18-28(24)35(29-19-9-5-15-25(29)2)32-22-12-13-23-33(32)36(30-20-10-6-16-26(30)3)31-21-11-7-17-27(31)34/h4-23H,1-3H3. The molecule has 0 aromatic heterocycles. The zero-order chi connectivity index (χ0) is 25.1. The first kappa shape index (κ1) is 24.9. The average molecular weight is 523 g/mol. The molecule has 0 fully saturated rings. The molecule has 1 atom stereocenters. The third kappa shape index (κ3) is 4.92. The smallest absolute Gasteiger partial charge is 0.0489 e. The predicted octanol–water partition coefficient (Wildman–Crippen LogP) is 6.78. The molecule has 5 aromatic carbocycles. The van der Waals surface area contributed by atoms with E-state index in [1.807, 2.05) is 12.1 Å². The van der Waals surface area contributed by atoms with Crippen LogP contribution >= 0.6 is 27.4 Å². The van der Waals surface area contributed by atoms with Gasteiger partial charge < -0.3 is 0 Å². The first-order valence-electron chi connectivity index (χ1n) is 12.2. The molecular formula is C33H29ClP2. The molecule has 1 unspecified atom stereocenters. The van der Waals surface area contributed by atoms with Crippen molar-refractivity contribution < 1.29 is 0 Å². The Hall–Kier alpha value is -2.75. The lowest BCUT2D eigenvalue weighted by atomic mass is 10.2. The molecule has 0 radical (unpaired) electrons. The highest BCUT2D eigenvalue weighted by molar-refractivity contribution is 7.85. The molecule has 0 spiro atoms. The molecule has 0 aliphatic carbocycles. The molecular weight excluding hydrogens is 494 g/mol. The number of benzene rings is 5. The molecule has 0 aliphatic rings. The van der Waals surface area contributed by atoms with Gasteiger partial charge in [0.1, 0.15) is 0 Å². The van der Waals surface area contributed by atoms with E-state index in [1.54, 1.807) is 0 Å². The van der Waals surface area contributed by atoms with E-state index in [2.05, 4.69) is 130 Å². The van der Waals surface area contributed by atoms with Gasteiger partial charge in [-0.15, -0.1) is 0 Å². The minimum Gasteiger partial charge on any atom is -0.0836 e. The van der Waals surface area contributed by atoms with Crippen LogP contribution in [0.3, 0.4) is 0 Å². The zero-order valence-electron chi connectivity index (χ0n) is 20.8. The first-order valence-corrected chi connectivity index (χ1v) is 15.2. The number of hydrogen-bond donors (Lipinski definition) is 0. The van der Waals surface area contributed by atoms with Crippen LogP contribution in [0.1, 0.15) is 16.7 Å². The molecule has 0 nitrogen and oxygen atoms in total. The van der Waals surface area contributed by atoms with Crippen molar-refractivity contribution in [2.75, 3.05) is 0 Å². The molecule has 5 rings (SSSR count). The van der Waals surface area contributed by atoms with E-state index in [1.165, 1.54) is 48.5 Å². The van der Waals surface area contributed by atoms with Gasteiger partial charge in [0.05, 0.1) is 0 Å². The van der Waals surface area contributed by atoms with Crippen LogP contribution in [0.2, 0.25) is 5.02 Å². The van der Waals surface area contributed by atoms with E-state index in [9.17, 15) is 0 Å². The van der Waals surface area contributed by atoms with Crippen LogP contribution in [0.5, 0.6) is 0 Å². The fourth-order valence-electron chi connectivity index (χ4n) is 4.70. The second-order valence-corrected chi connectivity index (χ2v) is 13.6. The largest absolute Gasteiger partial charge is 0.0836 e. The third-order valence-corrected chi connectivity index (χ3v) is 12.7. The fraction of sp³-hybridized carbons (Fsp3) is 0.0909. The van der Waals surface area contributed by atoms with Crippen LogP contribution in [0.4, 0.5) is 0 Å². The van der Waals surface area contributed by atoms with E-state index >= 15 is 0 Å². The summed E-state index contributed by atoms with van der Waals surface area (Å²) in [6, 6.07) is 44.0. The summed E-state index contributed by atoms with van der Waals surface area (Å²) in [7, 11) is -1.62. The Bertz CT molecular complexity index is 1300. The molecule has 0 aliphatic heterocycles. The van der Waals surface area contributed by atoms with E-state index in [0.717, 1.165) is 5.02 Å². The molecule has 0 saturated carbocycles. The van der Waals surface area contributed by atoms with Crippen LogP contribution < -0.4 is 31.8 Å². The highest BCUT2D eigenvalue weighted by Gasteiger charge is 2.28. The molecule has 0 bridgehead atoms. The first-order chi connectivity index (χ1) is 17.6. The monoisotopic (exact) mass is 522 g/mol. The van der Waals surface area contributed by atoms with Gasteiger partial charge in [-0.3, -0.25) is 0 Å². The average Bonchev–Trinajstić information content (AvgIpc) is 2.89. The van der Waals surface area contributed by atoms with E-state index in [0.29, 0.717) is 0 Å². The Balaban J connectivity index is 1.83. The highest BCUT2D eigenvalue weighted by atomic mass is 35.5. The molecule has 5 aromatic rings. The molecule has 0 N–H and O–H groups in total. The second-order valence-electron chi connectivity index (χ2n) is 8.97. The zero-order valence-corrected chi connectivity index (χ0v) is 23.4. The van der Waals surface area contributed by atoms with Gasteiger partial charge in [-0.05, 0) is 85.9 Å². The second kappa shape index (κ2) is 11.1.